The number of imidazole rings is 1. The minimum atomic E-state index is -0.109. The van der Waals surface area contributed by atoms with E-state index in [4.69, 9.17) is 19.9 Å². The van der Waals surface area contributed by atoms with Gasteiger partial charge in [-0.2, -0.15) is 15.3 Å². The summed E-state index contributed by atoms with van der Waals surface area (Å²) in [7, 11) is 2.15. The molecule has 16 aromatic heterocycles. The highest BCUT2D eigenvalue weighted by atomic mass is 16.1. The van der Waals surface area contributed by atoms with Crippen molar-refractivity contribution in [3.05, 3.63) is 240 Å². The Morgan fingerprint density at radius 1 is 0.371 bits per heavy atom. The second kappa shape index (κ2) is 35.1. The van der Waals surface area contributed by atoms with Crippen LogP contribution in [0.15, 0.2) is 172 Å². The van der Waals surface area contributed by atoms with Crippen LogP contribution in [0.1, 0.15) is 112 Å². The number of likely N-dealkylation sites (tertiary alicyclic amines) is 1. The summed E-state index contributed by atoms with van der Waals surface area (Å²) in [6.45, 7) is 33.6. The summed E-state index contributed by atoms with van der Waals surface area (Å²) in [5.74, 6) is 0. The number of aromatic nitrogens is 19. The lowest BCUT2D eigenvalue weighted by Crippen LogP contribution is -2.49. The number of pyridine rings is 5. The highest BCUT2D eigenvalue weighted by molar-refractivity contribution is 5.71. The summed E-state index contributed by atoms with van der Waals surface area (Å²) in [5.41, 5.74) is 23.5. The monoisotopic (exact) mass is 1670 g/mol. The molecule has 124 heavy (non-hydrogen) atoms. The number of nitrogens with one attached hydrogen (secondary N) is 2. The second-order valence-electron chi connectivity index (χ2n) is 33.4. The third-order valence-electron chi connectivity index (χ3n) is 24.5. The number of piperazine rings is 2. The molecule has 0 aliphatic carbocycles. The Balaban J connectivity index is 0.000000113. The average Bonchev–Trinajstić information content (AvgIpc) is 1.64. The van der Waals surface area contributed by atoms with Gasteiger partial charge in [-0.3, -0.25) is 51.7 Å². The number of likely N-dealkylation sites (N-methyl/N-ethyl adjacent to an activating group) is 1. The van der Waals surface area contributed by atoms with E-state index >= 15 is 0 Å². The van der Waals surface area contributed by atoms with Crippen molar-refractivity contribution < 1.29 is 0 Å². The van der Waals surface area contributed by atoms with Gasteiger partial charge < -0.3 is 44.4 Å². The van der Waals surface area contributed by atoms with Crippen LogP contribution < -0.4 is 52.5 Å². The third kappa shape index (κ3) is 17.1. The number of fused-ring (bicyclic) bond motifs is 8. The fourth-order valence-corrected chi connectivity index (χ4v) is 18.0. The first-order chi connectivity index (χ1) is 60.2. The molecule has 31 nitrogen and oxygen atoms in total. The Kier molecular flexibility index (Phi) is 23.2. The molecule has 2 N–H and O–H groups in total. The molecule has 638 valence electrons. The number of piperidine rings is 1. The van der Waals surface area contributed by atoms with Crippen molar-refractivity contribution in [3.8, 4) is 45.4 Å². The summed E-state index contributed by atoms with van der Waals surface area (Å²) in [6.07, 6.45) is 26.8. The SMILES string of the molecule is CCc1cc(-c2cc(=O)n3cc(N4CCNCC4)ccc3n2)cn2cc(C)nc12.CCc1nc(C)cn2nc(-c3cc(=O)n4cc(N5CCC(N6CCCC6)CC5)ccc4n3)cc12.CCc1nc(C)cn2nc(-c3cc(=O)n4cc(N5CCCN(C)CC5)ccc4n3)cc12.CCc1nc(C)cn2nc(-c3cc(=O)n4cc(N5CCN[C@@H](C)C5)ccc4n3)cc12. The Bertz CT molecular complexity index is 6950. The minimum absolute atomic E-state index is 0.0676. The maximum Gasteiger partial charge on any atom is 0.258 e. The normalized spacial score (nSPS) is 16.4. The minimum Gasteiger partial charge on any atom is -0.370 e. The van der Waals surface area contributed by atoms with Crippen LogP contribution in [0.25, 0.3) is 90.2 Å². The zero-order valence-electron chi connectivity index (χ0n) is 72.4. The van der Waals surface area contributed by atoms with Crippen molar-refractivity contribution in [3.63, 3.8) is 0 Å². The van der Waals surface area contributed by atoms with E-state index in [1.807, 2.05) is 150 Å². The molecule has 5 fully saturated rings. The Hall–Kier alpha value is -13.0. The fourth-order valence-electron chi connectivity index (χ4n) is 18.0. The van der Waals surface area contributed by atoms with Gasteiger partial charge in [-0.1, -0.05) is 27.7 Å². The first-order valence-electron chi connectivity index (χ1n) is 43.8. The molecule has 5 aliphatic rings. The fraction of sp³-hybridized carbons (Fsp3) is 0.387. The van der Waals surface area contributed by atoms with Gasteiger partial charge in [0, 0.05) is 158 Å². The maximum atomic E-state index is 13.1. The molecule has 1 atom stereocenters. The van der Waals surface area contributed by atoms with Crippen LogP contribution in [0.2, 0.25) is 0 Å². The van der Waals surface area contributed by atoms with Crippen LogP contribution in [0, 0.1) is 27.7 Å². The van der Waals surface area contributed by atoms with Gasteiger partial charge in [-0.25, -0.2) is 38.5 Å². The van der Waals surface area contributed by atoms with Gasteiger partial charge in [-0.15, -0.1) is 0 Å². The number of aryl methyl sites for hydroxylation is 8. The van der Waals surface area contributed by atoms with Crippen LogP contribution in [0.3, 0.4) is 0 Å². The number of rotatable bonds is 13. The van der Waals surface area contributed by atoms with Crippen LogP contribution in [0.4, 0.5) is 22.7 Å². The van der Waals surface area contributed by atoms with E-state index < -0.39 is 0 Å². The Labute approximate surface area is 717 Å². The smallest absolute Gasteiger partial charge is 0.258 e. The van der Waals surface area contributed by atoms with Crippen LogP contribution >= 0.6 is 0 Å². The quantitative estimate of drug-likeness (QED) is 0.108. The molecule has 0 bridgehead atoms. The molecule has 21 rings (SSSR count). The van der Waals surface area contributed by atoms with Gasteiger partial charge in [0.05, 0.1) is 121 Å². The van der Waals surface area contributed by atoms with Gasteiger partial charge >= 0.3 is 0 Å². The van der Waals surface area contributed by atoms with E-state index in [1.165, 1.54) is 38.8 Å². The van der Waals surface area contributed by atoms with Gasteiger partial charge in [0.15, 0.2) is 0 Å². The van der Waals surface area contributed by atoms with Crippen molar-refractivity contribution >= 4 is 67.5 Å². The Morgan fingerprint density at radius 3 is 1.23 bits per heavy atom. The molecule has 0 radical (unpaired) electrons. The van der Waals surface area contributed by atoms with E-state index in [0.717, 1.165) is 213 Å². The molecular weight excluding hydrogens is 1560 g/mol. The molecule has 0 spiro atoms. The number of anilines is 4. The van der Waals surface area contributed by atoms with Crippen molar-refractivity contribution in [2.75, 3.05) is 125 Å². The second-order valence-corrected chi connectivity index (χ2v) is 33.4. The van der Waals surface area contributed by atoms with Gasteiger partial charge in [0.25, 0.3) is 22.2 Å². The summed E-state index contributed by atoms with van der Waals surface area (Å²) >= 11 is 0. The highest BCUT2D eigenvalue weighted by Crippen LogP contribution is 2.31. The Morgan fingerprint density at radius 2 is 0.782 bits per heavy atom. The van der Waals surface area contributed by atoms with Gasteiger partial charge in [-0.05, 0) is 197 Å². The molecule has 0 amide bonds. The number of hydrogen-bond acceptors (Lipinski definition) is 23. The van der Waals surface area contributed by atoms with Crippen LogP contribution in [-0.4, -0.2) is 218 Å². The molecule has 0 aromatic carbocycles. The first kappa shape index (κ1) is 82.0. The molecule has 16 aromatic rings. The van der Waals surface area contributed by atoms with Crippen molar-refractivity contribution in [2.24, 2.45) is 0 Å². The molecule has 5 saturated heterocycles. The van der Waals surface area contributed by atoms with Crippen molar-refractivity contribution in [1.82, 2.24) is 111 Å². The third-order valence-corrected chi connectivity index (χ3v) is 24.5. The summed E-state index contributed by atoms with van der Waals surface area (Å²) < 4.78 is 14.1. The van der Waals surface area contributed by atoms with Crippen molar-refractivity contribution in [1.29, 1.82) is 0 Å². The molecule has 31 heteroatoms. The lowest BCUT2D eigenvalue weighted by atomic mass is 10.0. The summed E-state index contributed by atoms with van der Waals surface area (Å²) in [6, 6.07) is 31.4. The van der Waals surface area contributed by atoms with E-state index in [0.29, 0.717) is 74.5 Å². The first-order valence-corrected chi connectivity index (χ1v) is 43.8. The zero-order chi connectivity index (χ0) is 85.6. The summed E-state index contributed by atoms with van der Waals surface area (Å²) in [4.78, 5) is 104. The molecule has 21 heterocycles. The van der Waals surface area contributed by atoms with Crippen LogP contribution in [0.5, 0.6) is 0 Å². The molecular formula is C93H107N27O4. The average molecular weight is 1670 g/mol. The molecule has 5 aliphatic heterocycles. The van der Waals surface area contributed by atoms with Gasteiger partial charge in [0.1, 0.15) is 45.3 Å². The van der Waals surface area contributed by atoms with Crippen LogP contribution in [-0.2, 0) is 25.7 Å². The lowest BCUT2D eigenvalue weighted by molar-refractivity contribution is 0.208. The largest absolute Gasteiger partial charge is 0.370 e. The predicted octanol–water partition coefficient (Wildman–Crippen LogP) is 10.1. The molecule has 0 unspecified atom stereocenters. The van der Waals surface area contributed by atoms with E-state index in [9.17, 15) is 19.2 Å². The number of nitrogens with zero attached hydrogens (tertiary/aromatic N) is 25. The summed E-state index contributed by atoms with van der Waals surface area (Å²) in [5, 5.41) is 20.8. The maximum absolute atomic E-state index is 13.1. The number of hydrogen-bond donors (Lipinski definition) is 2. The standard InChI is InChI=1S/C26H31N7O.C23H27N7O.C22H25N7O.C22H24N6O/c1-3-21-24-14-23(29-33(24)16-18(2)27-21)22-15-26(34)32-17-20(6-7-25(32)28-22)31-12-8-19(9-13-31)30-10-4-5-11-30;1-4-18-21-12-20(26-30(21)14-16(2)24-18)19-13-23(31)29-15-17(6-7-22(29)25-19)28-9-5-8-27(3)10-11-28;1-4-17-20-9-19(26-29(20)12-15(3)24-17)18-10-22(30)28-13-16(5-6-21(28)25-18)27-8-7-23-14(2)11-27;1-3-16-10-17(13-27-12-15(2)24-22(16)27)19-11-21(29)28-14-18(4-5-20(28)25-19)26-8-6-23-7-9-26/h6-7,14-17,19H,3-5,8-13H2,1-2H3;6-7,12-15H,4-5,8-11H2,1-3H3;5-6,9-10,12-14,23H,4,7-8,11H2,1-3H3;4-5,10-14,23H,3,6-9H2,1-2H3/t;;14-;/m..0./s1. The topological polar surface area (TPSA) is 289 Å². The molecule has 0 saturated carbocycles. The van der Waals surface area contributed by atoms with E-state index in [2.05, 4.69) is 141 Å². The zero-order valence-corrected chi connectivity index (χ0v) is 72.4. The van der Waals surface area contributed by atoms with E-state index in [1.54, 1.807) is 41.9 Å². The van der Waals surface area contributed by atoms with E-state index in [-0.39, 0.29) is 22.2 Å². The lowest BCUT2D eigenvalue weighted by Gasteiger charge is -2.37. The predicted molar refractivity (Wildman–Crippen MR) is 488 cm³/mol. The highest BCUT2D eigenvalue weighted by Gasteiger charge is 2.28. The van der Waals surface area contributed by atoms with Crippen molar-refractivity contribution in [2.45, 2.75) is 132 Å². The van der Waals surface area contributed by atoms with Gasteiger partial charge in [0.2, 0.25) is 0 Å².